The van der Waals surface area contributed by atoms with Gasteiger partial charge in [-0.25, -0.2) is 4.98 Å². The summed E-state index contributed by atoms with van der Waals surface area (Å²) in [6, 6.07) is 9.42. The maximum atomic E-state index is 8.81. The van der Waals surface area contributed by atoms with Gasteiger partial charge in [-0.3, -0.25) is 0 Å². The fourth-order valence-electron chi connectivity index (χ4n) is 2.58. The van der Waals surface area contributed by atoms with Gasteiger partial charge in [0.05, 0.1) is 6.21 Å². The van der Waals surface area contributed by atoms with Gasteiger partial charge in [0.15, 0.2) is 0 Å². The minimum atomic E-state index is 0.322. The Balaban J connectivity index is 2.12. The Morgan fingerprint density at radius 2 is 1.91 bits per heavy atom. The van der Waals surface area contributed by atoms with Gasteiger partial charge in [-0.15, -0.1) is 0 Å². The van der Waals surface area contributed by atoms with E-state index in [1.54, 1.807) is 12.1 Å². The highest BCUT2D eigenvalue weighted by Crippen LogP contribution is 2.29. The SMILES string of the molecule is C=C(c1cc(Cl)nc(Cl)c1)c1ccc2c(c1)c(C=NO)cn2C. The lowest BCUT2D eigenvalue weighted by Crippen LogP contribution is -1.90. The Kier molecular flexibility index (Phi) is 4.11. The van der Waals surface area contributed by atoms with Crippen LogP contribution in [0.25, 0.3) is 16.5 Å². The first-order chi connectivity index (χ1) is 11.0. The smallest absolute Gasteiger partial charge is 0.131 e. The molecule has 2 heterocycles. The standard InChI is InChI=1S/C17H13Cl2N3O/c1-10(12-6-16(18)21-17(19)7-12)11-3-4-15-14(5-11)13(8-20-23)9-22(15)2/h3-9,23H,1H2,2H3. The second-order valence-corrected chi connectivity index (χ2v) is 5.93. The van der Waals surface area contributed by atoms with Gasteiger partial charge < -0.3 is 9.77 Å². The molecule has 0 unspecified atom stereocenters. The number of nitrogens with zero attached hydrogens (tertiary/aromatic N) is 3. The van der Waals surface area contributed by atoms with Crippen molar-refractivity contribution < 1.29 is 5.21 Å². The van der Waals surface area contributed by atoms with Crippen molar-refractivity contribution in [2.24, 2.45) is 12.2 Å². The summed E-state index contributed by atoms with van der Waals surface area (Å²) in [6.07, 6.45) is 3.31. The maximum Gasteiger partial charge on any atom is 0.131 e. The lowest BCUT2D eigenvalue weighted by atomic mass is 9.98. The van der Waals surface area contributed by atoms with E-state index in [1.807, 2.05) is 36.0 Å². The number of hydrogen-bond acceptors (Lipinski definition) is 3. The van der Waals surface area contributed by atoms with E-state index in [2.05, 4.69) is 16.7 Å². The zero-order chi connectivity index (χ0) is 16.6. The summed E-state index contributed by atoms with van der Waals surface area (Å²) in [5.41, 5.74) is 4.37. The van der Waals surface area contributed by atoms with E-state index in [1.165, 1.54) is 6.21 Å². The molecule has 0 aliphatic heterocycles. The summed E-state index contributed by atoms with van der Waals surface area (Å²) >= 11 is 11.9. The number of aromatic nitrogens is 2. The van der Waals surface area contributed by atoms with Gasteiger partial charge in [0.1, 0.15) is 10.3 Å². The van der Waals surface area contributed by atoms with Gasteiger partial charge in [-0.1, -0.05) is 41.0 Å². The highest BCUT2D eigenvalue weighted by molar-refractivity contribution is 6.32. The number of oxime groups is 1. The molecule has 0 fully saturated rings. The van der Waals surface area contributed by atoms with Gasteiger partial charge in [0, 0.05) is 29.7 Å². The van der Waals surface area contributed by atoms with Crippen molar-refractivity contribution in [1.82, 2.24) is 9.55 Å². The first-order valence-electron chi connectivity index (χ1n) is 6.79. The number of pyridine rings is 1. The van der Waals surface area contributed by atoms with E-state index < -0.39 is 0 Å². The summed E-state index contributed by atoms with van der Waals surface area (Å²) in [5, 5.41) is 13.5. The van der Waals surface area contributed by atoms with Crippen LogP contribution in [0.2, 0.25) is 10.3 Å². The number of benzene rings is 1. The Morgan fingerprint density at radius 1 is 1.22 bits per heavy atom. The quantitative estimate of drug-likeness (QED) is 0.322. The summed E-state index contributed by atoms with van der Waals surface area (Å²) in [6.45, 7) is 4.13. The van der Waals surface area contributed by atoms with Crippen LogP contribution in [-0.4, -0.2) is 21.0 Å². The number of fused-ring (bicyclic) bond motifs is 1. The van der Waals surface area contributed by atoms with Crippen LogP contribution in [0.1, 0.15) is 16.7 Å². The van der Waals surface area contributed by atoms with Gasteiger partial charge in [-0.2, -0.15) is 0 Å². The second kappa shape index (κ2) is 6.07. The van der Waals surface area contributed by atoms with Crippen LogP contribution >= 0.6 is 23.2 Å². The molecule has 0 atom stereocenters. The van der Waals surface area contributed by atoms with Gasteiger partial charge in [0.25, 0.3) is 0 Å². The van der Waals surface area contributed by atoms with E-state index in [4.69, 9.17) is 28.4 Å². The molecule has 0 aliphatic rings. The van der Waals surface area contributed by atoms with Crippen LogP contribution in [0.5, 0.6) is 0 Å². The molecule has 0 saturated carbocycles. The predicted octanol–water partition coefficient (Wildman–Crippen LogP) is 4.75. The van der Waals surface area contributed by atoms with E-state index >= 15 is 0 Å². The van der Waals surface area contributed by atoms with Crippen molar-refractivity contribution >= 4 is 45.9 Å². The van der Waals surface area contributed by atoms with Crippen molar-refractivity contribution in [1.29, 1.82) is 0 Å². The van der Waals surface area contributed by atoms with Crippen LogP contribution in [0.3, 0.4) is 0 Å². The lowest BCUT2D eigenvalue weighted by Gasteiger charge is -2.08. The molecule has 0 radical (unpaired) electrons. The summed E-state index contributed by atoms with van der Waals surface area (Å²) in [7, 11) is 1.94. The van der Waals surface area contributed by atoms with Crippen molar-refractivity contribution in [3.63, 3.8) is 0 Å². The zero-order valence-corrected chi connectivity index (χ0v) is 13.8. The van der Waals surface area contributed by atoms with Crippen molar-refractivity contribution in [3.05, 3.63) is 70.1 Å². The molecule has 6 heteroatoms. The Bertz CT molecular complexity index is 924. The van der Waals surface area contributed by atoms with Gasteiger partial charge in [-0.05, 0) is 41.0 Å². The Hall–Kier alpha value is -2.30. The monoisotopic (exact) mass is 345 g/mol. The number of aryl methyl sites for hydroxylation is 1. The van der Waals surface area contributed by atoms with Crippen LogP contribution in [-0.2, 0) is 7.05 Å². The van der Waals surface area contributed by atoms with Crippen LogP contribution < -0.4 is 0 Å². The molecule has 0 amide bonds. The minimum Gasteiger partial charge on any atom is -0.411 e. The molecule has 1 aromatic carbocycles. The maximum absolute atomic E-state index is 8.81. The van der Waals surface area contributed by atoms with E-state index in [-0.39, 0.29) is 0 Å². The van der Waals surface area contributed by atoms with Gasteiger partial charge >= 0.3 is 0 Å². The van der Waals surface area contributed by atoms with Crippen molar-refractivity contribution in [2.75, 3.05) is 0 Å². The highest BCUT2D eigenvalue weighted by atomic mass is 35.5. The van der Waals surface area contributed by atoms with Crippen LogP contribution in [0.15, 0.2) is 48.3 Å². The molecule has 116 valence electrons. The lowest BCUT2D eigenvalue weighted by molar-refractivity contribution is 0.322. The fraction of sp³-hybridized carbons (Fsp3) is 0.0588. The molecule has 23 heavy (non-hydrogen) atoms. The summed E-state index contributed by atoms with van der Waals surface area (Å²) in [4.78, 5) is 3.94. The van der Waals surface area contributed by atoms with Gasteiger partial charge in [0.2, 0.25) is 0 Å². The first-order valence-corrected chi connectivity index (χ1v) is 7.54. The number of rotatable bonds is 3. The first kappa shape index (κ1) is 15.6. The van der Waals surface area contributed by atoms with Crippen LogP contribution in [0, 0.1) is 0 Å². The average molecular weight is 346 g/mol. The Labute approximate surface area is 143 Å². The van der Waals surface area contributed by atoms with E-state index in [0.29, 0.717) is 10.3 Å². The van der Waals surface area contributed by atoms with Crippen molar-refractivity contribution in [2.45, 2.75) is 0 Å². The molecular formula is C17H13Cl2N3O. The van der Waals surface area contributed by atoms with E-state index in [9.17, 15) is 0 Å². The summed E-state index contributed by atoms with van der Waals surface area (Å²) in [5.74, 6) is 0. The number of hydrogen-bond donors (Lipinski definition) is 1. The second-order valence-electron chi connectivity index (χ2n) is 5.15. The normalized spacial score (nSPS) is 11.4. The average Bonchev–Trinajstić information content (AvgIpc) is 2.82. The van der Waals surface area contributed by atoms with Crippen LogP contribution in [0.4, 0.5) is 0 Å². The topological polar surface area (TPSA) is 50.4 Å². The largest absolute Gasteiger partial charge is 0.411 e. The zero-order valence-electron chi connectivity index (χ0n) is 12.3. The third-order valence-electron chi connectivity index (χ3n) is 3.68. The third-order valence-corrected chi connectivity index (χ3v) is 4.06. The fourth-order valence-corrected chi connectivity index (χ4v) is 3.04. The van der Waals surface area contributed by atoms with Crippen molar-refractivity contribution in [3.8, 4) is 0 Å². The molecule has 0 spiro atoms. The molecule has 0 aliphatic carbocycles. The molecule has 0 bridgehead atoms. The highest BCUT2D eigenvalue weighted by Gasteiger charge is 2.10. The molecular weight excluding hydrogens is 333 g/mol. The minimum absolute atomic E-state index is 0.322. The number of halogens is 2. The molecule has 3 rings (SSSR count). The molecule has 1 N–H and O–H groups in total. The molecule has 0 saturated heterocycles. The van der Waals surface area contributed by atoms with E-state index in [0.717, 1.165) is 33.2 Å². The Morgan fingerprint density at radius 3 is 2.57 bits per heavy atom. The predicted molar refractivity (Wildman–Crippen MR) is 94.7 cm³/mol. The molecule has 3 aromatic rings. The molecule has 2 aromatic heterocycles. The summed E-state index contributed by atoms with van der Waals surface area (Å²) < 4.78 is 1.97. The molecule has 4 nitrogen and oxygen atoms in total. The third kappa shape index (κ3) is 2.96.